The maximum Gasteiger partial charge on any atom is 0.128 e. The lowest BCUT2D eigenvalue weighted by Gasteiger charge is -2.26. The van der Waals surface area contributed by atoms with Crippen molar-refractivity contribution >= 4 is 16.8 Å². The molecular weight excluding hydrogens is 172 g/mol. The summed E-state index contributed by atoms with van der Waals surface area (Å²) in [4.78, 5) is 4.38. The number of nitrogens with one attached hydrogen (secondary N) is 1. The molecule has 2 rings (SSSR count). The van der Waals surface area contributed by atoms with Gasteiger partial charge in [0.15, 0.2) is 0 Å². The van der Waals surface area contributed by atoms with E-state index in [1.54, 1.807) is 0 Å². The van der Waals surface area contributed by atoms with Crippen LogP contribution in [-0.4, -0.2) is 11.2 Å². The monoisotopic (exact) mass is 184 g/mol. The van der Waals surface area contributed by atoms with Crippen LogP contribution in [0.1, 0.15) is 32.6 Å². The van der Waals surface area contributed by atoms with Crippen molar-refractivity contribution < 1.29 is 0 Å². The van der Waals surface area contributed by atoms with Crippen molar-refractivity contribution in [3.63, 3.8) is 0 Å². The van der Waals surface area contributed by atoms with Gasteiger partial charge in [-0.15, -0.1) is 0 Å². The van der Waals surface area contributed by atoms with Crippen LogP contribution in [0.5, 0.6) is 0 Å². The fourth-order valence-electron chi connectivity index (χ4n) is 1.71. The van der Waals surface area contributed by atoms with Gasteiger partial charge in [0.05, 0.1) is 11.7 Å². The molecule has 0 amide bonds. The Labute approximate surface area is 77.7 Å². The molecule has 0 spiro atoms. The second-order valence-corrected chi connectivity index (χ2v) is 3.82. The van der Waals surface area contributed by atoms with E-state index < -0.39 is 0 Å². The van der Waals surface area contributed by atoms with Gasteiger partial charge in [-0.2, -0.15) is 0 Å². The Morgan fingerprint density at radius 1 is 1.42 bits per heavy atom. The molecule has 2 nitrogen and oxygen atoms in total. The van der Waals surface area contributed by atoms with E-state index in [0.717, 1.165) is 12.8 Å². The van der Waals surface area contributed by atoms with Gasteiger partial charge in [0.2, 0.25) is 0 Å². The van der Waals surface area contributed by atoms with Crippen LogP contribution in [0.3, 0.4) is 0 Å². The number of rotatable bonds is 0. The van der Waals surface area contributed by atoms with Crippen molar-refractivity contribution in [1.29, 1.82) is 0 Å². The zero-order chi connectivity index (χ0) is 8.55. The lowest BCUT2D eigenvalue weighted by molar-refractivity contribution is 0.589. The Kier molecular flexibility index (Phi) is 2.09. The normalized spacial score (nSPS) is 29.2. The molecule has 1 unspecified atom stereocenters. The topological polar surface area (TPSA) is 24.4 Å². The van der Waals surface area contributed by atoms with Gasteiger partial charge < -0.3 is 5.32 Å². The van der Waals surface area contributed by atoms with Crippen LogP contribution in [0.15, 0.2) is 16.4 Å². The van der Waals surface area contributed by atoms with E-state index in [1.807, 2.05) is 6.92 Å². The summed E-state index contributed by atoms with van der Waals surface area (Å²) in [6.45, 7) is 2.05. The molecular formula is C9H13ClN2. The van der Waals surface area contributed by atoms with Gasteiger partial charge in [0.25, 0.3) is 0 Å². The second-order valence-electron chi connectivity index (χ2n) is 3.43. The summed E-state index contributed by atoms with van der Waals surface area (Å²) in [6.07, 6.45) is 4.77. The first-order valence-corrected chi connectivity index (χ1v) is 4.88. The molecule has 1 aliphatic carbocycles. The molecule has 0 bridgehead atoms. The molecule has 1 atom stereocenters. The molecule has 0 aromatic heterocycles. The quantitative estimate of drug-likeness (QED) is 0.615. The molecule has 1 heterocycles. The predicted molar refractivity (Wildman–Crippen MR) is 51.4 cm³/mol. The standard InChI is InChI=1S/C9H13ClN2/c1-6-9(10)12-8-5-3-2-4-7(8)11-6/h6,11H,2-5H2,1H3. The molecule has 0 saturated carbocycles. The molecule has 0 saturated heterocycles. The van der Waals surface area contributed by atoms with Crippen molar-refractivity contribution in [3.05, 3.63) is 11.4 Å². The van der Waals surface area contributed by atoms with Crippen LogP contribution in [0.25, 0.3) is 0 Å². The number of aliphatic imine (C=N–C) groups is 1. The smallest absolute Gasteiger partial charge is 0.128 e. The summed E-state index contributed by atoms with van der Waals surface area (Å²) in [5, 5.41) is 4.09. The highest BCUT2D eigenvalue weighted by Gasteiger charge is 2.21. The third-order valence-corrected chi connectivity index (χ3v) is 2.84. The van der Waals surface area contributed by atoms with Gasteiger partial charge in [-0.25, -0.2) is 4.99 Å². The van der Waals surface area contributed by atoms with E-state index in [1.165, 1.54) is 24.2 Å². The molecule has 0 aromatic rings. The lowest BCUT2D eigenvalue weighted by Crippen LogP contribution is -2.35. The van der Waals surface area contributed by atoms with Crippen LogP contribution in [0.4, 0.5) is 0 Å². The molecule has 66 valence electrons. The van der Waals surface area contributed by atoms with E-state index in [0.29, 0.717) is 5.17 Å². The van der Waals surface area contributed by atoms with Gasteiger partial charge in [-0.3, -0.25) is 0 Å². The first kappa shape index (κ1) is 8.11. The minimum absolute atomic E-state index is 0.212. The number of allylic oxidation sites excluding steroid dienone is 2. The van der Waals surface area contributed by atoms with Crippen LogP contribution in [0, 0.1) is 0 Å². The molecule has 0 fully saturated rings. The average molecular weight is 185 g/mol. The fourth-order valence-corrected chi connectivity index (χ4v) is 1.87. The Bertz CT molecular complexity index is 255. The number of nitrogens with zero attached hydrogens (tertiary/aromatic N) is 1. The Hall–Kier alpha value is -0.500. The largest absolute Gasteiger partial charge is 0.378 e. The minimum Gasteiger partial charge on any atom is -0.378 e. The van der Waals surface area contributed by atoms with E-state index in [4.69, 9.17) is 11.6 Å². The first-order valence-electron chi connectivity index (χ1n) is 4.50. The van der Waals surface area contributed by atoms with Crippen LogP contribution >= 0.6 is 11.6 Å². The Balaban J connectivity index is 2.26. The molecule has 3 heteroatoms. The highest BCUT2D eigenvalue weighted by molar-refractivity contribution is 6.66. The second kappa shape index (κ2) is 3.09. The minimum atomic E-state index is 0.212. The lowest BCUT2D eigenvalue weighted by atomic mass is 10.00. The van der Waals surface area contributed by atoms with Crippen molar-refractivity contribution in [3.8, 4) is 0 Å². The van der Waals surface area contributed by atoms with Gasteiger partial charge in [-0.1, -0.05) is 11.6 Å². The Morgan fingerprint density at radius 3 is 3.00 bits per heavy atom. The zero-order valence-corrected chi connectivity index (χ0v) is 7.99. The van der Waals surface area contributed by atoms with E-state index in [2.05, 4.69) is 10.3 Å². The zero-order valence-electron chi connectivity index (χ0n) is 7.23. The third-order valence-electron chi connectivity index (χ3n) is 2.43. The van der Waals surface area contributed by atoms with E-state index >= 15 is 0 Å². The number of hydrogen-bond acceptors (Lipinski definition) is 2. The summed E-state index contributed by atoms with van der Waals surface area (Å²) < 4.78 is 0. The number of halogens is 1. The van der Waals surface area contributed by atoms with Crippen LogP contribution in [-0.2, 0) is 0 Å². The maximum atomic E-state index is 5.94. The average Bonchev–Trinajstić information content (AvgIpc) is 2.07. The van der Waals surface area contributed by atoms with Gasteiger partial charge in [0, 0.05) is 5.70 Å². The molecule has 12 heavy (non-hydrogen) atoms. The Morgan fingerprint density at radius 2 is 2.17 bits per heavy atom. The SMILES string of the molecule is CC1NC2=C(CCCC2)N=C1Cl. The van der Waals surface area contributed by atoms with Crippen LogP contribution < -0.4 is 5.32 Å². The summed E-state index contributed by atoms with van der Waals surface area (Å²) in [5.74, 6) is 0. The predicted octanol–water partition coefficient (Wildman–Crippen LogP) is 2.40. The highest BCUT2D eigenvalue weighted by Crippen LogP contribution is 2.27. The summed E-state index contributed by atoms with van der Waals surface area (Å²) in [6, 6.07) is 0.212. The van der Waals surface area contributed by atoms with E-state index in [9.17, 15) is 0 Å². The van der Waals surface area contributed by atoms with E-state index in [-0.39, 0.29) is 6.04 Å². The molecule has 2 aliphatic rings. The summed E-state index contributed by atoms with van der Waals surface area (Å²) in [5.41, 5.74) is 2.50. The maximum absolute atomic E-state index is 5.94. The van der Waals surface area contributed by atoms with Crippen LogP contribution in [0.2, 0.25) is 0 Å². The van der Waals surface area contributed by atoms with Crippen molar-refractivity contribution in [2.75, 3.05) is 0 Å². The molecule has 1 N–H and O–H groups in total. The fraction of sp³-hybridized carbons (Fsp3) is 0.667. The first-order chi connectivity index (χ1) is 5.77. The van der Waals surface area contributed by atoms with Crippen molar-refractivity contribution in [2.24, 2.45) is 4.99 Å². The van der Waals surface area contributed by atoms with Gasteiger partial charge in [0.1, 0.15) is 5.17 Å². The number of hydrogen-bond donors (Lipinski definition) is 1. The van der Waals surface area contributed by atoms with Crippen molar-refractivity contribution in [1.82, 2.24) is 5.32 Å². The molecule has 1 aliphatic heterocycles. The highest BCUT2D eigenvalue weighted by atomic mass is 35.5. The third kappa shape index (κ3) is 1.36. The molecule has 0 aromatic carbocycles. The van der Waals surface area contributed by atoms with Crippen molar-refractivity contribution in [2.45, 2.75) is 38.6 Å². The van der Waals surface area contributed by atoms with Gasteiger partial charge >= 0.3 is 0 Å². The van der Waals surface area contributed by atoms with Gasteiger partial charge in [-0.05, 0) is 32.6 Å². The summed E-state index contributed by atoms with van der Waals surface area (Å²) >= 11 is 5.94. The summed E-state index contributed by atoms with van der Waals surface area (Å²) in [7, 11) is 0. The molecule has 0 radical (unpaired) electrons.